The molecule has 1 saturated heterocycles. The topological polar surface area (TPSA) is 152 Å². The smallest absolute Gasteiger partial charge is 0.233 e. The summed E-state index contributed by atoms with van der Waals surface area (Å²) in [5.41, 5.74) is 1.61. The quantitative estimate of drug-likeness (QED) is 0.291. The maximum Gasteiger partial charge on any atom is 0.233 e. The SMILES string of the molecule is CCCn1c(SCC(=O)N2CCCCOC[C@H](O)[C@H](O)[C@@H](OC)CN(C(C)=O)C[C@H](C(C)C)[C@H]2c2cccc(OC)c2)nnc1-c1ccccn1. The number of rotatable bonds is 10. The molecule has 14 heteroatoms. The van der Waals surface area contributed by atoms with Crippen molar-refractivity contribution in [2.45, 2.75) is 83.0 Å². The third-order valence-electron chi connectivity index (χ3n) is 9.32. The van der Waals surface area contributed by atoms with Crippen LogP contribution in [0.4, 0.5) is 0 Å². The molecule has 0 aliphatic carbocycles. The predicted octanol–water partition coefficient (Wildman–Crippen LogP) is 4.09. The standard InChI is InChI=1S/C37H54N6O7S/c1-7-17-43-36(30-15-8-9-16-38-30)39-40-37(43)51-24-33(46)42-18-10-11-19-50-23-31(45)35(47)32(49-6)22-41(26(4)44)21-29(25(2)3)34(42)27-13-12-14-28(20-27)48-5/h8-9,12-16,20,25,29,31-32,34-35,45,47H,7,10-11,17-19,21-24H2,1-6H3/t29-,31+,32+,34-,35+/m1/s1. The predicted molar refractivity (Wildman–Crippen MR) is 195 cm³/mol. The highest BCUT2D eigenvalue weighted by Gasteiger charge is 2.38. The number of benzene rings is 1. The van der Waals surface area contributed by atoms with Crippen molar-refractivity contribution in [1.82, 2.24) is 29.5 Å². The number of thioether (sulfide) groups is 1. The molecule has 2 aromatic heterocycles. The minimum absolute atomic E-state index is 0.0233. The lowest BCUT2D eigenvalue weighted by atomic mass is 9.82. The zero-order valence-electron chi connectivity index (χ0n) is 30.7. The normalized spacial score (nSPS) is 22.7. The van der Waals surface area contributed by atoms with Gasteiger partial charge in [0.2, 0.25) is 11.8 Å². The molecule has 1 aromatic carbocycles. The molecule has 2 amide bonds. The van der Waals surface area contributed by atoms with Gasteiger partial charge in [0.05, 0.1) is 25.5 Å². The molecule has 0 bridgehead atoms. The van der Waals surface area contributed by atoms with Crippen molar-refractivity contribution >= 4 is 23.6 Å². The molecular formula is C37H54N6O7S. The first-order valence-electron chi connectivity index (χ1n) is 17.7. The lowest BCUT2D eigenvalue weighted by molar-refractivity contribution is -0.139. The van der Waals surface area contributed by atoms with Crippen LogP contribution < -0.4 is 4.74 Å². The highest BCUT2D eigenvalue weighted by Crippen LogP contribution is 2.37. The first-order chi connectivity index (χ1) is 24.6. The van der Waals surface area contributed by atoms with Crippen LogP contribution in [0.5, 0.6) is 5.75 Å². The summed E-state index contributed by atoms with van der Waals surface area (Å²) in [5, 5.41) is 31.2. The molecule has 5 atom stereocenters. The number of methoxy groups -OCH3 is 2. The number of hydrogen-bond acceptors (Lipinski definition) is 11. The molecule has 4 rings (SSSR count). The largest absolute Gasteiger partial charge is 0.497 e. The molecular weight excluding hydrogens is 673 g/mol. The van der Waals surface area contributed by atoms with E-state index in [-0.39, 0.29) is 49.1 Å². The van der Waals surface area contributed by atoms with Gasteiger partial charge in [0.1, 0.15) is 29.8 Å². The van der Waals surface area contributed by atoms with Crippen molar-refractivity contribution < 1.29 is 34.0 Å². The van der Waals surface area contributed by atoms with Crippen LogP contribution in [0.3, 0.4) is 0 Å². The molecule has 3 aromatic rings. The summed E-state index contributed by atoms with van der Waals surface area (Å²) in [5.74, 6) is 0.948. The van der Waals surface area contributed by atoms with Crippen LogP contribution in [0.25, 0.3) is 11.5 Å². The molecule has 51 heavy (non-hydrogen) atoms. The highest BCUT2D eigenvalue weighted by atomic mass is 32.2. The van der Waals surface area contributed by atoms with E-state index in [2.05, 4.69) is 36.0 Å². The monoisotopic (exact) mass is 726 g/mol. The van der Waals surface area contributed by atoms with E-state index in [1.54, 1.807) is 18.2 Å². The summed E-state index contributed by atoms with van der Waals surface area (Å²) in [4.78, 5) is 35.9. The van der Waals surface area contributed by atoms with Crippen LogP contribution >= 0.6 is 11.8 Å². The minimum Gasteiger partial charge on any atom is -0.497 e. The van der Waals surface area contributed by atoms with Crippen molar-refractivity contribution in [3.05, 3.63) is 54.2 Å². The van der Waals surface area contributed by atoms with Gasteiger partial charge >= 0.3 is 0 Å². The van der Waals surface area contributed by atoms with Crippen LogP contribution in [-0.2, 0) is 25.6 Å². The van der Waals surface area contributed by atoms with Gasteiger partial charge in [0.25, 0.3) is 0 Å². The molecule has 1 fully saturated rings. The Bertz CT molecular complexity index is 1530. The van der Waals surface area contributed by atoms with Gasteiger partial charge < -0.3 is 38.8 Å². The van der Waals surface area contributed by atoms with E-state index in [1.807, 2.05) is 51.9 Å². The summed E-state index contributed by atoms with van der Waals surface area (Å²) in [7, 11) is 3.06. The fraction of sp³-hybridized carbons (Fsp3) is 0.595. The van der Waals surface area contributed by atoms with Gasteiger partial charge in [-0.15, -0.1) is 10.2 Å². The van der Waals surface area contributed by atoms with Crippen molar-refractivity contribution in [2.75, 3.05) is 52.8 Å². The van der Waals surface area contributed by atoms with Crippen LogP contribution in [0.2, 0.25) is 0 Å². The average Bonchev–Trinajstić information content (AvgIpc) is 3.53. The molecule has 13 nitrogen and oxygen atoms in total. The number of aliphatic hydroxyl groups excluding tert-OH is 2. The summed E-state index contributed by atoms with van der Waals surface area (Å²) in [6.07, 6.45) is 0.522. The second kappa shape index (κ2) is 19.9. The Balaban J connectivity index is 1.75. The van der Waals surface area contributed by atoms with Gasteiger partial charge in [0, 0.05) is 58.9 Å². The number of nitrogens with zero attached hydrogens (tertiary/aromatic N) is 6. The first kappa shape index (κ1) is 40.2. The maximum absolute atomic E-state index is 14.6. The number of amides is 2. The van der Waals surface area contributed by atoms with Gasteiger partial charge in [-0.25, -0.2) is 0 Å². The highest BCUT2D eigenvalue weighted by molar-refractivity contribution is 7.99. The summed E-state index contributed by atoms with van der Waals surface area (Å²) >= 11 is 1.35. The number of carbonyl (C=O) groups is 2. The summed E-state index contributed by atoms with van der Waals surface area (Å²) in [6, 6.07) is 13.0. The van der Waals surface area contributed by atoms with Crippen molar-refractivity contribution in [3.8, 4) is 17.3 Å². The van der Waals surface area contributed by atoms with E-state index < -0.39 is 24.4 Å². The zero-order chi connectivity index (χ0) is 36.9. The fourth-order valence-electron chi connectivity index (χ4n) is 6.45. The summed E-state index contributed by atoms with van der Waals surface area (Å²) < 4.78 is 19.0. The Hall–Kier alpha value is -3.56. The van der Waals surface area contributed by atoms with Gasteiger partial charge in [-0.1, -0.05) is 50.7 Å². The lowest BCUT2D eigenvalue weighted by Gasteiger charge is -2.42. The Morgan fingerprint density at radius 1 is 1.08 bits per heavy atom. The van der Waals surface area contributed by atoms with E-state index in [0.29, 0.717) is 55.0 Å². The average molecular weight is 727 g/mol. The number of ether oxygens (including phenoxy) is 3. The lowest BCUT2D eigenvalue weighted by Crippen LogP contribution is -2.51. The number of aromatic nitrogens is 4. The van der Waals surface area contributed by atoms with E-state index in [9.17, 15) is 19.8 Å². The van der Waals surface area contributed by atoms with Crippen LogP contribution in [0, 0.1) is 11.8 Å². The Kier molecular flexibility index (Phi) is 15.7. The number of pyridine rings is 1. The molecule has 3 heterocycles. The minimum atomic E-state index is -1.27. The van der Waals surface area contributed by atoms with Crippen LogP contribution in [0.15, 0.2) is 53.8 Å². The third-order valence-corrected chi connectivity index (χ3v) is 10.3. The van der Waals surface area contributed by atoms with Crippen LogP contribution in [0.1, 0.15) is 58.6 Å². The number of aliphatic hydroxyl groups is 2. The van der Waals surface area contributed by atoms with E-state index >= 15 is 0 Å². The molecule has 1 aliphatic rings. The van der Waals surface area contributed by atoms with Crippen molar-refractivity contribution in [2.24, 2.45) is 11.8 Å². The molecule has 1 aliphatic heterocycles. The molecule has 2 N–H and O–H groups in total. The maximum atomic E-state index is 14.6. The number of hydrogen-bond donors (Lipinski definition) is 2. The third kappa shape index (κ3) is 10.7. The molecule has 280 valence electrons. The van der Waals surface area contributed by atoms with Gasteiger partial charge in [-0.3, -0.25) is 14.6 Å². The molecule has 0 radical (unpaired) electrons. The van der Waals surface area contributed by atoms with Crippen molar-refractivity contribution in [1.29, 1.82) is 0 Å². The van der Waals surface area contributed by atoms with E-state index in [4.69, 9.17) is 14.2 Å². The second-order valence-electron chi connectivity index (χ2n) is 13.2. The Morgan fingerprint density at radius 3 is 2.55 bits per heavy atom. The Morgan fingerprint density at radius 2 is 1.88 bits per heavy atom. The van der Waals surface area contributed by atoms with Gasteiger partial charge in [0.15, 0.2) is 11.0 Å². The molecule has 0 saturated carbocycles. The van der Waals surface area contributed by atoms with Crippen LogP contribution in [-0.4, -0.2) is 123 Å². The fourth-order valence-corrected chi connectivity index (χ4v) is 7.30. The summed E-state index contributed by atoms with van der Waals surface area (Å²) in [6.45, 7) is 9.44. The van der Waals surface area contributed by atoms with E-state index in [1.165, 1.54) is 25.8 Å². The van der Waals surface area contributed by atoms with Gasteiger partial charge in [-0.05, 0) is 55.0 Å². The zero-order valence-corrected chi connectivity index (χ0v) is 31.5. The van der Waals surface area contributed by atoms with E-state index in [0.717, 1.165) is 12.0 Å². The van der Waals surface area contributed by atoms with Gasteiger partial charge in [-0.2, -0.15) is 0 Å². The molecule has 0 unspecified atom stereocenters. The van der Waals surface area contributed by atoms with Crippen molar-refractivity contribution in [3.63, 3.8) is 0 Å². The molecule has 0 spiro atoms. The second-order valence-corrected chi connectivity index (χ2v) is 14.2. The number of carbonyl (C=O) groups excluding carboxylic acids is 2. The Labute approximate surface area is 305 Å². The first-order valence-corrected chi connectivity index (χ1v) is 18.7.